The molecule has 0 aromatic heterocycles. The number of carbonyl (C=O) groups is 2. The van der Waals surface area contributed by atoms with E-state index in [1.165, 1.54) is 0 Å². The third kappa shape index (κ3) is 6.59. The average molecular weight is 402 g/mol. The van der Waals surface area contributed by atoms with Gasteiger partial charge in [-0.25, -0.2) is 0 Å². The summed E-state index contributed by atoms with van der Waals surface area (Å²) in [5, 5.41) is 9.79. The van der Waals surface area contributed by atoms with Gasteiger partial charge in [0.05, 0.1) is 11.8 Å². The molecule has 1 N–H and O–H groups in total. The van der Waals surface area contributed by atoms with Crippen molar-refractivity contribution in [3.8, 4) is 0 Å². The molecule has 154 valence electrons. The van der Waals surface area contributed by atoms with Gasteiger partial charge in [-0.1, -0.05) is 91.0 Å². The maximum absolute atomic E-state index is 12.9. The summed E-state index contributed by atoms with van der Waals surface area (Å²) >= 11 is 0. The van der Waals surface area contributed by atoms with Gasteiger partial charge in [0.15, 0.2) is 0 Å². The number of benzene rings is 3. The third-order valence-corrected chi connectivity index (χ3v) is 5.13. The minimum Gasteiger partial charge on any atom is -0.481 e. The first-order valence-electron chi connectivity index (χ1n) is 10.1. The van der Waals surface area contributed by atoms with Crippen LogP contribution in [0.1, 0.15) is 23.1 Å². The van der Waals surface area contributed by atoms with Crippen LogP contribution in [0, 0.1) is 11.8 Å². The Labute approximate surface area is 177 Å². The Morgan fingerprint density at radius 3 is 1.57 bits per heavy atom. The van der Waals surface area contributed by atoms with E-state index in [-0.39, 0.29) is 19.0 Å². The first-order chi connectivity index (χ1) is 14.6. The molecule has 0 fully saturated rings. The number of ether oxygens (including phenoxy) is 1. The molecule has 30 heavy (non-hydrogen) atoms. The Kier molecular flexibility index (Phi) is 7.78. The number of rotatable bonds is 10. The van der Waals surface area contributed by atoms with Crippen LogP contribution in [0.2, 0.25) is 0 Å². The lowest BCUT2D eigenvalue weighted by Crippen LogP contribution is -2.27. The highest BCUT2D eigenvalue weighted by atomic mass is 16.5. The first-order valence-corrected chi connectivity index (χ1v) is 10.1. The molecular weight excluding hydrogens is 376 g/mol. The van der Waals surface area contributed by atoms with Crippen LogP contribution in [0.5, 0.6) is 0 Å². The van der Waals surface area contributed by atoms with Gasteiger partial charge in [-0.05, 0) is 36.0 Å². The summed E-state index contributed by atoms with van der Waals surface area (Å²) in [6, 6.07) is 28.7. The van der Waals surface area contributed by atoms with Crippen molar-refractivity contribution in [2.75, 3.05) is 0 Å². The fourth-order valence-corrected chi connectivity index (χ4v) is 3.52. The maximum atomic E-state index is 12.9. The number of carbonyl (C=O) groups excluding carboxylic acids is 1. The van der Waals surface area contributed by atoms with Crippen LogP contribution >= 0.6 is 0 Å². The van der Waals surface area contributed by atoms with Crippen LogP contribution in [0.15, 0.2) is 91.0 Å². The van der Waals surface area contributed by atoms with Gasteiger partial charge in [0, 0.05) is 0 Å². The second-order valence-electron chi connectivity index (χ2n) is 7.44. The van der Waals surface area contributed by atoms with E-state index in [2.05, 4.69) is 0 Å². The Morgan fingerprint density at radius 2 is 1.10 bits per heavy atom. The zero-order valence-corrected chi connectivity index (χ0v) is 16.8. The number of hydrogen-bond acceptors (Lipinski definition) is 3. The number of aliphatic carboxylic acids is 1. The molecule has 0 aliphatic rings. The van der Waals surface area contributed by atoms with E-state index in [9.17, 15) is 14.7 Å². The molecule has 1 unspecified atom stereocenters. The SMILES string of the molecule is O=C(O)C(Cc1ccccc1)C[C@H](Cc1ccccc1)C(=O)OCc1ccccc1. The van der Waals surface area contributed by atoms with E-state index in [0.29, 0.717) is 12.8 Å². The lowest BCUT2D eigenvalue weighted by Gasteiger charge is -2.20. The van der Waals surface area contributed by atoms with Crippen molar-refractivity contribution < 1.29 is 19.4 Å². The van der Waals surface area contributed by atoms with Gasteiger partial charge in [-0.3, -0.25) is 9.59 Å². The van der Waals surface area contributed by atoms with Crippen molar-refractivity contribution in [3.05, 3.63) is 108 Å². The van der Waals surface area contributed by atoms with E-state index in [1.54, 1.807) is 0 Å². The summed E-state index contributed by atoms with van der Waals surface area (Å²) in [7, 11) is 0. The summed E-state index contributed by atoms with van der Waals surface area (Å²) in [5.41, 5.74) is 2.84. The smallest absolute Gasteiger partial charge is 0.309 e. The normalized spacial score (nSPS) is 12.7. The van der Waals surface area contributed by atoms with Gasteiger partial charge in [0.25, 0.3) is 0 Å². The fourth-order valence-electron chi connectivity index (χ4n) is 3.52. The number of carboxylic acid groups (broad SMARTS) is 1. The van der Waals surface area contributed by atoms with Gasteiger partial charge in [0.2, 0.25) is 0 Å². The van der Waals surface area contributed by atoms with Gasteiger partial charge in [-0.2, -0.15) is 0 Å². The van der Waals surface area contributed by atoms with Crippen molar-refractivity contribution in [1.82, 2.24) is 0 Å². The topological polar surface area (TPSA) is 63.6 Å². The molecule has 0 saturated carbocycles. The Balaban J connectivity index is 1.73. The standard InChI is InChI=1S/C26H26O4/c27-25(28)23(16-20-10-4-1-5-11-20)18-24(17-21-12-6-2-7-13-21)26(29)30-19-22-14-8-3-9-15-22/h1-15,23-24H,16-19H2,(H,27,28)/t23?,24-/m0/s1. The van der Waals surface area contributed by atoms with Crippen molar-refractivity contribution >= 4 is 11.9 Å². The molecule has 0 bridgehead atoms. The van der Waals surface area contributed by atoms with Crippen molar-refractivity contribution in [2.24, 2.45) is 11.8 Å². The molecular formula is C26H26O4. The Hall–Kier alpha value is -3.40. The average Bonchev–Trinajstić information content (AvgIpc) is 2.78. The highest BCUT2D eigenvalue weighted by Crippen LogP contribution is 2.23. The minimum absolute atomic E-state index is 0.182. The lowest BCUT2D eigenvalue weighted by atomic mass is 9.86. The fraction of sp³-hybridized carbons (Fsp3) is 0.231. The van der Waals surface area contributed by atoms with Crippen LogP contribution in [-0.2, 0) is 33.8 Å². The monoisotopic (exact) mass is 402 g/mol. The number of esters is 1. The lowest BCUT2D eigenvalue weighted by molar-refractivity contribution is -0.151. The van der Waals surface area contributed by atoms with E-state index in [1.807, 2.05) is 91.0 Å². The number of hydrogen-bond donors (Lipinski definition) is 1. The molecule has 0 amide bonds. The van der Waals surface area contributed by atoms with Crippen molar-refractivity contribution in [2.45, 2.75) is 25.9 Å². The van der Waals surface area contributed by atoms with Crippen molar-refractivity contribution in [1.29, 1.82) is 0 Å². The summed E-state index contributed by atoms with van der Waals surface area (Å²) in [5.74, 6) is -2.44. The molecule has 0 saturated heterocycles. The minimum atomic E-state index is -0.896. The van der Waals surface area contributed by atoms with Gasteiger partial charge < -0.3 is 9.84 Å². The molecule has 3 aromatic carbocycles. The summed E-state index contributed by atoms with van der Waals surface area (Å²) in [4.78, 5) is 24.9. The summed E-state index contributed by atoms with van der Waals surface area (Å²) in [6.45, 7) is 0.182. The zero-order valence-electron chi connectivity index (χ0n) is 16.8. The molecule has 3 aromatic rings. The summed E-state index contributed by atoms with van der Waals surface area (Å²) in [6.07, 6.45) is 1.06. The molecule has 3 rings (SSSR count). The predicted molar refractivity (Wildman–Crippen MR) is 116 cm³/mol. The summed E-state index contributed by atoms with van der Waals surface area (Å²) < 4.78 is 5.56. The molecule has 0 heterocycles. The van der Waals surface area contributed by atoms with Crippen LogP contribution in [0.25, 0.3) is 0 Å². The van der Waals surface area contributed by atoms with E-state index >= 15 is 0 Å². The van der Waals surface area contributed by atoms with Crippen LogP contribution in [0.4, 0.5) is 0 Å². The number of carboxylic acids is 1. The van der Waals surface area contributed by atoms with Gasteiger partial charge in [0.1, 0.15) is 6.61 Å². The molecule has 0 radical (unpaired) electrons. The molecule has 4 nitrogen and oxygen atoms in total. The Bertz CT molecular complexity index is 923. The van der Waals surface area contributed by atoms with E-state index in [0.717, 1.165) is 16.7 Å². The molecule has 0 aliphatic heterocycles. The maximum Gasteiger partial charge on any atom is 0.309 e. The molecule has 4 heteroatoms. The molecule has 0 spiro atoms. The van der Waals surface area contributed by atoms with Gasteiger partial charge >= 0.3 is 11.9 Å². The predicted octanol–water partition coefficient (Wildman–Crippen LogP) is 4.92. The third-order valence-electron chi connectivity index (χ3n) is 5.13. The highest BCUT2D eigenvalue weighted by Gasteiger charge is 2.29. The van der Waals surface area contributed by atoms with Crippen molar-refractivity contribution in [3.63, 3.8) is 0 Å². The van der Waals surface area contributed by atoms with Gasteiger partial charge in [-0.15, -0.1) is 0 Å². The Morgan fingerprint density at radius 1 is 0.667 bits per heavy atom. The van der Waals surface area contributed by atoms with Crippen LogP contribution < -0.4 is 0 Å². The van der Waals surface area contributed by atoms with Crippen LogP contribution in [0.3, 0.4) is 0 Å². The van der Waals surface area contributed by atoms with E-state index in [4.69, 9.17) is 4.74 Å². The largest absolute Gasteiger partial charge is 0.481 e. The van der Waals surface area contributed by atoms with E-state index < -0.39 is 17.8 Å². The second kappa shape index (κ2) is 11.0. The first kappa shape index (κ1) is 21.3. The highest BCUT2D eigenvalue weighted by molar-refractivity contribution is 5.75. The van der Waals surface area contributed by atoms with Crippen LogP contribution in [-0.4, -0.2) is 17.0 Å². The quantitative estimate of drug-likeness (QED) is 0.489. The second-order valence-corrected chi connectivity index (χ2v) is 7.44. The zero-order chi connectivity index (χ0) is 21.2. The molecule has 2 atom stereocenters. The molecule has 0 aliphatic carbocycles.